The number of anilines is 1. The lowest BCUT2D eigenvalue weighted by atomic mass is 10.2. The van der Waals surface area contributed by atoms with Gasteiger partial charge in [-0.3, -0.25) is 0 Å². The smallest absolute Gasteiger partial charge is 0.208 e. The van der Waals surface area contributed by atoms with Crippen molar-refractivity contribution in [1.82, 2.24) is 10.2 Å². The first-order chi connectivity index (χ1) is 7.66. The SMILES string of the molecule is Cc1nnc(N(C)Cc2ccccc2F)s1. The summed E-state index contributed by atoms with van der Waals surface area (Å²) >= 11 is 1.50. The molecule has 0 aliphatic rings. The van der Waals surface area contributed by atoms with Crippen molar-refractivity contribution in [3.05, 3.63) is 40.7 Å². The minimum atomic E-state index is -0.185. The van der Waals surface area contributed by atoms with E-state index >= 15 is 0 Å². The summed E-state index contributed by atoms with van der Waals surface area (Å²) < 4.78 is 13.4. The molecule has 0 fully saturated rings. The third-order valence-corrected chi connectivity index (χ3v) is 3.16. The number of aryl methyl sites for hydroxylation is 1. The molecule has 0 atom stereocenters. The summed E-state index contributed by atoms with van der Waals surface area (Å²) in [7, 11) is 1.88. The lowest BCUT2D eigenvalue weighted by Gasteiger charge is -2.15. The maximum Gasteiger partial charge on any atom is 0.208 e. The van der Waals surface area contributed by atoms with Gasteiger partial charge in [0.05, 0.1) is 0 Å². The first kappa shape index (κ1) is 11.0. The van der Waals surface area contributed by atoms with Crippen LogP contribution in [0.5, 0.6) is 0 Å². The van der Waals surface area contributed by atoms with Gasteiger partial charge in [-0.1, -0.05) is 29.5 Å². The van der Waals surface area contributed by atoms with E-state index in [1.54, 1.807) is 12.1 Å². The maximum atomic E-state index is 13.4. The second-order valence-electron chi connectivity index (χ2n) is 3.55. The Morgan fingerprint density at radius 1 is 1.31 bits per heavy atom. The normalized spacial score (nSPS) is 10.4. The molecule has 5 heteroatoms. The zero-order chi connectivity index (χ0) is 11.5. The van der Waals surface area contributed by atoms with Crippen LogP contribution in [0.3, 0.4) is 0 Å². The number of hydrogen-bond donors (Lipinski definition) is 0. The number of hydrogen-bond acceptors (Lipinski definition) is 4. The van der Waals surface area contributed by atoms with E-state index in [2.05, 4.69) is 10.2 Å². The van der Waals surface area contributed by atoms with Crippen molar-refractivity contribution in [2.75, 3.05) is 11.9 Å². The van der Waals surface area contributed by atoms with Crippen molar-refractivity contribution in [3.63, 3.8) is 0 Å². The van der Waals surface area contributed by atoms with Gasteiger partial charge in [-0.05, 0) is 13.0 Å². The van der Waals surface area contributed by atoms with E-state index in [1.807, 2.05) is 24.9 Å². The van der Waals surface area contributed by atoms with Gasteiger partial charge in [0.25, 0.3) is 0 Å². The van der Waals surface area contributed by atoms with Crippen molar-refractivity contribution >= 4 is 16.5 Å². The second-order valence-corrected chi connectivity index (χ2v) is 4.71. The fraction of sp³-hybridized carbons (Fsp3) is 0.273. The molecule has 0 spiro atoms. The van der Waals surface area contributed by atoms with Crippen LogP contribution in [-0.2, 0) is 6.54 Å². The van der Waals surface area contributed by atoms with Gasteiger partial charge >= 0.3 is 0 Å². The van der Waals surface area contributed by atoms with Crippen LogP contribution in [0.1, 0.15) is 10.6 Å². The molecular formula is C11H12FN3S. The predicted octanol–water partition coefficient (Wildman–Crippen LogP) is 2.62. The summed E-state index contributed by atoms with van der Waals surface area (Å²) in [6.45, 7) is 2.40. The van der Waals surface area contributed by atoms with Gasteiger partial charge < -0.3 is 4.90 Å². The molecule has 0 saturated heterocycles. The van der Waals surface area contributed by atoms with E-state index in [1.165, 1.54) is 17.4 Å². The van der Waals surface area contributed by atoms with Crippen molar-refractivity contribution in [1.29, 1.82) is 0 Å². The molecule has 0 aliphatic carbocycles. The summed E-state index contributed by atoms with van der Waals surface area (Å²) in [4.78, 5) is 1.89. The highest BCUT2D eigenvalue weighted by atomic mass is 32.1. The van der Waals surface area contributed by atoms with Crippen molar-refractivity contribution in [2.45, 2.75) is 13.5 Å². The molecule has 3 nitrogen and oxygen atoms in total. The molecule has 2 rings (SSSR count). The number of benzene rings is 1. The highest BCUT2D eigenvalue weighted by Crippen LogP contribution is 2.20. The van der Waals surface area contributed by atoms with E-state index in [4.69, 9.17) is 0 Å². The molecule has 2 aromatic rings. The Kier molecular flexibility index (Phi) is 3.14. The van der Waals surface area contributed by atoms with Crippen molar-refractivity contribution < 1.29 is 4.39 Å². The monoisotopic (exact) mass is 237 g/mol. The fourth-order valence-electron chi connectivity index (χ4n) is 1.39. The number of halogens is 1. The molecule has 0 aliphatic heterocycles. The lowest BCUT2D eigenvalue weighted by molar-refractivity contribution is 0.607. The van der Waals surface area contributed by atoms with Crippen LogP contribution < -0.4 is 4.90 Å². The minimum Gasteiger partial charge on any atom is -0.345 e. The molecule has 1 aromatic carbocycles. The zero-order valence-electron chi connectivity index (χ0n) is 9.14. The second kappa shape index (κ2) is 4.57. The van der Waals surface area contributed by atoms with E-state index in [-0.39, 0.29) is 5.82 Å². The average molecular weight is 237 g/mol. The summed E-state index contributed by atoms with van der Waals surface area (Å²) in [5, 5.41) is 9.67. The van der Waals surface area contributed by atoms with Crippen molar-refractivity contribution in [3.8, 4) is 0 Å². The average Bonchev–Trinajstić information content (AvgIpc) is 2.68. The fourth-order valence-corrected chi connectivity index (χ4v) is 2.04. The molecule has 1 aromatic heterocycles. The number of nitrogens with zero attached hydrogens (tertiary/aromatic N) is 3. The maximum absolute atomic E-state index is 13.4. The van der Waals surface area contributed by atoms with E-state index in [0.29, 0.717) is 12.1 Å². The Balaban J connectivity index is 2.13. The summed E-state index contributed by atoms with van der Waals surface area (Å²) in [5.74, 6) is -0.185. The van der Waals surface area contributed by atoms with Gasteiger partial charge in [0.1, 0.15) is 10.8 Å². The standard InChI is InChI=1S/C11H12FN3S/c1-8-13-14-11(16-8)15(2)7-9-5-3-4-6-10(9)12/h3-6H,7H2,1-2H3. The van der Waals surface area contributed by atoms with Crippen molar-refractivity contribution in [2.24, 2.45) is 0 Å². The van der Waals surface area contributed by atoms with E-state index in [9.17, 15) is 4.39 Å². The van der Waals surface area contributed by atoms with Gasteiger partial charge in [0.15, 0.2) is 0 Å². The van der Waals surface area contributed by atoms with Crippen LogP contribution in [0.2, 0.25) is 0 Å². The molecule has 0 saturated carbocycles. The van der Waals surface area contributed by atoms with E-state index < -0.39 is 0 Å². The van der Waals surface area contributed by atoms with Crippen LogP contribution in [0.25, 0.3) is 0 Å². The molecule has 0 N–H and O–H groups in total. The van der Waals surface area contributed by atoms with Gasteiger partial charge in [-0.25, -0.2) is 4.39 Å². The van der Waals surface area contributed by atoms with Gasteiger partial charge in [0, 0.05) is 19.2 Å². The van der Waals surface area contributed by atoms with Gasteiger partial charge in [-0.15, -0.1) is 10.2 Å². The molecule has 84 valence electrons. The zero-order valence-corrected chi connectivity index (χ0v) is 9.96. The highest BCUT2D eigenvalue weighted by Gasteiger charge is 2.09. The first-order valence-corrected chi connectivity index (χ1v) is 5.73. The van der Waals surface area contributed by atoms with Crippen LogP contribution >= 0.6 is 11.3 Å². The molecule has 0 radical (unpaired) electrons. The minimum absolute atomic E-state index is 0.185. The quantitative estimate of drug-likeness (QED) is 0.821. The third-order valence-electron chi connectivity index (χ3n) is 2.21. The third kappa shape index (κ3) is 2.36. The summed E-state index contributed by atoms with van der Waals surface area (Å²) in [6.07, 6.45) is 0. The molecule has 0 amide bonds. The Morgan fingerprint density at radius 3 is 2.69 bits per heavy atom. The van der Waals surface area contributed by atoms with Gasteiger partial charge in [-0.2, -0.15) is 0 Å². The Bertz CT molecular complexity index is 484. The van der Waals surface area contributed by atoms with Crippen LogP contribution in [0, 0.1) is 12.7 Å². The molecular weight excluding hydrogens is 225 g/mol. The van der Waals surface area contributed by atoms with E-state index in [0.717, 1.165) is 10.1 Å². The van der Waals surface area contributed by atoms with Crippen LogP contribution in [-0.4, -0.2) is 17.2 Å². The highest BCUT2D eigenvalue weighted by molar-refractivity contribution is 7.15. The molecule has 0 unspecified atom stereocenters. The Hall–Kier alpha value is -1.49. The molecule has 16 heavy (non-hydrogen) atoms. The topological polar surface area (TPSA) is 29.0 Å². The largest absolute Gasteiger partial charge is 0.345 e. The van der Waals surface area contributed by atoms with Crippen LogP contribution in [0.15, 0.2) is 24.3 Å². The molecule has 1 heterocycles. The van der Waals surface area contributed by atoms with Crippen LogP contribution in [0.4, 0.5) is 9.52 Å². The number of aromatic nitrogens is 2. The Labute approximate surface area is 97.6 Å². The predicted molar refractivity (Wildman–Crippen MR) is 63.2 cm³/mol. The van der Waals surface area contributed by atoms with Gasteiger partial charge in [0.2, 0.25) is 5.13 Å². The summed E-state index contributed by atoms with van der Waals surface area (Å²) in [6, 6.07) is 6.76. The lowest BCUT2D eigenvalue weighted by Crippen LogP contribution is -2.16. The summed E-state index contributed by atoms with van der Waals surface area (Å²) in [5.41, 5.74) is 0.665. The molecule has 0 bridgehead atoms. The first-order valence-electron chi connectivity index (χ1n) is 4.91. The Morgan fingerprint density at radius 2 is 2.06 bits per heavy atom. The number of rotatable bonds is 3.